The SMILES string of the molecule is CCC[C@@H](C)NC(=O)CN1CCN(S(=O)(=O)Cc2ccccc2)CC1. The number of nitrogens with zero attached hydrogens (tertiary/aromatic N) is 2. The van der Waals surface area contributed by atoms with E-state index in [4.69, 9.17) is 0 Å². The summed E-state index contributed by atoms with van der Waals surface area (Å²) in [5, 5.41) is 2.99. The average molecular weight is 368 g/mol. The van der Waals surface area contributed by atoms with Crippen LogP contribution in [-0.4, -0.2) is 62.3 Å². The molecule has 1 atom stereocenters. The van der Waals surface area contributed by atoms with E-state index in [0.717, 1.165) is 18.4 Å². The van der Waals surface area contributed by atoms with Crippen LogP contribution in [0.4, 0.5) is 0 Å². The first-order chi connectivity index (χ1) is 11.9. The summed E-state index contributed by atoms with van der Waals surface area (Å²) >= 11 is 0. The lowest BCUT2D eigenvalue weighted by Crippen LogP contribution is -2.51. The second-order valence-electron chi connectivity index (χ2n) is 6.67. The Morgan fingerprint density at radius 3 is 2.40 bits per heavy atom. The van der Waals surface area contributed by atoms with Crippen LogP contribution < -0.4 is 5.32 Å². The summed E-state index contributed by atoms with van der Waals surface area (Å²) in [6, 6.07) is 9.42. The number of benzene rings is 1. The third-order valence-corrected chi connectivity index (χ3v) is 6.26. The van der Waals surface area contributed by atoms with Gasteiger partial charge in [-0.1, -0.05) is 43.7 Å². The molecule has 25 heavy (non-hydrogen) atoms. The number of rotatable bonds is 8. The van der Waals surface area contributed by atoms with Crippen LogP contribution in [0.25, 0.3) is 0 Å². The number of carbonyl (C=O) groups excluding carboxylic acids is 1. The Hall–Kier alpha value is -1.44. The Balaban J connectivity index is 1.80. The highest BCUT2D eigenvalue weighted by molar-refractivity contribution is 7.88. The van der Waals surface area contributed by atoms with Gasteiger partial charge in [-0.2, -0.15) is 4.31 Å². The molecule has 1 aromatic rings. The normalized spacial score (nSPS) is 18.0. The zero-order chi connectivity index (χ0) is 18.3. The largest absolute Gasteiger partial charge is 0.353 e. The first-order valence-electron chi connectivity index (χ1n) is 8.94. The molecule has 1 amide bonds. The minimum atomic E-state index is -3.31. The van der Waals surface area contributed by atoms with Crippen molar-refractivity contribution in [2.75, 3.05) is 32.7 Å². The summed E-state index contributed by atoms with van der Waals surface area (Å²) in [6.45, 7) is 6.49. The van der Waals surface area contributed by atoms with E-state index in [0.29, 0.717) is 32.7 Å². The van der Waals surface area contributed by atoms with Gasteiger partial charge >= 0.3 is 0 Å². The number of piperazine rings is 1. The number of hydrogen-bond donors (Lipinski definition) is 1. The van der Waals surface area contributed by atoms with Crippen molar-refractivity contribution in [3.63, 3.8) is 0 Å². The van der Waals surface area contributed by atoms with Gasteiger partial charge in [-0.05, 0) is 18.9 Å². The van der Waals surface area contributed by atoms with Crippen LogP contribution in [0.2, 0.25) is 0 Å². The molecule has 0 aromatic heterocycles. The standard InChI is InChI=1S/C18H29N3O3S/c1-3-7-16(2)19-18(22)14-20-10-12-21(13-11-20)25(23,24)15-17-8-5-4-6-9-17/h4-6,8-9,16H,3,7,10-15H2,1-2H3,(H,19,22)/t16-/m1/s1. The van der Waals surface area contributed by atoms with E-state index in [1.165, 1.54) is 4.31 Å². The van der Waals surface area contributed by atoms with Crippen LogP contribution >= 0.6 is 0 Å². The molecule has 1 N–H and O–H groups in total. The maximum atomic E-state index is 12.5. The highest BCUT2D eigenvalue weighted by Gasteiger charge is 2.27. The van der Waals surface area contributed by atoms with E-state index in [1.807, 2.05) is 42.2 Å². The molecule has 2 rings (SSSR count). The van der Waals surface area contributed by atoms with Crippen LogP contribution in [0.15, 0.2) is 30.3 Å². The van der Waals surface area contributed by atoms with Crippen molar-refractivity contribution in [2.45, 2.75) is 38.5 Å². The maximum Gasteiger partial charge on any atom is 0.234 e. The lowest BCUT2D eigenvalue weighted by molar-refractivity contribution is -0.123. The monoisotopic (exact) mass is 367 g/mol. The second-order valence-corrected chi connectivity index (χ2v) is 8.64. The van der Waals surface area contributed by atoms with Gasteiger partial charge in [-0.3, -0.25) is 9.69 Å². The van der Waals surface area contributed by atoms with Gasteiger partial charge in [0.15, 0.2) is 0 Å². The highest BCUT2D eigenvalue weighted by Crippen LogP contribution is 2.13. The van der Waals surface area contributed by atoms with Gasteiger partial charge in [0.2, 0.25) is 15.9 Å². The van der Waals surface area contributed by atoms with Crippen LogP contribution in [0.1, 0.15) is 32.3 Å². The van der Waals surface area contributed by atoms with Gasteiger partial charge in [0.05, 0.1) is 12.3 Å². The van der Waals surface area contributed by atoms with E-state index in [9.17, 15) is 13.2 Å². The van der Waals surface area contributed by atoms with Crippen LogP contribution in [0.3, 0.4) is 0 Å². The zero-order valence-corrected chi connectivity index (χ0v) is 16.0. The van der Waals surface area contributed by atoms with E-state index in [2.05, 4.69) is 12.2 Å². The lowest BCUT2D eigenvalue weighted by atomic mass is 10.2. The van der Waals surface area contributed by atoms with E-state index in [-0.39, 0.29) is 17.7 Å². The van der Waals surface area contributed by atoms with Crippen molar-refractivity contribution in [1.82, 2.24) is 14.5 Å². The van der Waals surface area contributed by atoms with E-state index >= 15 is 0 Å². The predicted octanol–water partition coefficient (Wildman–Crippen LogP) is 1.44. The Labute approximate surface area is 151 Å². The molecule has 1 heterocycles. The average Bonchev–Trinajstić information content (AvgIpc) is 2.56. The Morgan fingerprint density at radius 2 is 1.80 bits per heavy atom. The lowest BCUT2D eigenvalue weighted by Gasteiger charge is -2.33. The van der Waals surface area contributed by atoms with Gasteiger partial charge < -0.3 is 5.32 Å². The molecule has 1 aliphatic heterocycles. The number of nitrogens with one attached hydrogen (secondary N) is 1. The third kappa shape index (κ3) is 6.41. The summed E-state index contributed by atoms with van der Waals surface area (Å²) in [6.07, 6.45) is 2.01. The summed E-state index contributed by atoms with van der Waals surface area (Å²) in [5.41, 5.74) is 0.800. The Morgan fingerprint density at radius 1 is 1.16 bits per heavy atom. The molecule has 140 valence electrons. The van der Waals surface area contributed by atoms with E-state index < -0.39 is 10.0 Å². The number of amides is 1. The highest BCUT2D eigenvalue weighted by atomic mass is 32.2. The molecule has 0 saturated carbocycles. The summed E-state index contributed by atoms with van der Waals surface area (Å²) in [7, 11) is -3.31. The smallest absolute Gasteiger partial charge is 0.234 e. The van der Waals surface area contributed by atoms with Gasteiger partial charge in [-0.15, -0.1) is 0 Å². The van der Waals surface area contributed by atoms with Crippen molar-refractivity contribution >= 4 is 15.9 Å². The topological polar surface area (TPSA) is 69.7 Å². The Bertz CT molecular complexity index is 641. The van der Waals surface area contributed by atoms with Gasteiger partial charge in [0, 0.05) is 32.2 Å². The number of sulfonamides is 1. The molecule has 6 nitrogen and oxygen atoms in total. The first kappa shape index (κ1) is 19.9. The fourth-order valence-electron chi connectivity index (χ4n) is 3.07. The molecule has 0 spiro atoms. The Kier molecular flexibility index (Phi) is 7.40. The molecular formula is C18H29N3O3S. The summed E-state index contributed by atoms with van der Waals surface area (Å²) < 4.78 is 26.6. The van der Waals surface area contributed by atoms with Gasteiger partial charge in [-0.25, -0.2) is 8.42 Å². The second kappa shape index (κ2) is 9.31. The summed E-state index contributed by atoms with van der Waals surface area (Å²) in [4.78, 5) is 14.0. The van der Waals surface area contributed by atoms with Crippen LogP contribution in [-0.2, 0) is 20.6 Å². The molecule has 0 radical (unpaired) electrons. The number of carbonyl (C=O) groups is 1. The summed E-state index contributed by atoms with van der Waals surface area (Å²) in [5.74, 6) is 0.0459. The maximum absolute atomic E-state index is 12.5. The molecule has 0 bridgehead atoms. The van der Waals surface area contributed by atoms with Crippen molar-refractivity contribution in [1.29, 1.82) is 0 Å². The molecule has 1 saturated heterocycles. The minimum Gasteiger partial charge on any atom is -0.353 e. The fourth-order valence-corrected chi connectivity index (χ4v) is 4.59. The van der Waals surface area contributed by atoms with Crippen LogP contribution in [0, 0.1) is 0 Å². The molecule has 1 aromatic carbocycles. The van der Waals surface area contributed by atoms with Crippen LogP contribution in [0.5, 0.6) is 0 Å². The molecule has 1 aliphatic rings. The number of hydrogen-bond acceptors (Lipinski definition) is 4. The minimum absolute atomic E-state index is 0.0153. The van der Waals surface area contributed by atoms with Crippen molar-refractivity contribution in [3.8, 4) is 0 Å². The molecule has 7 heteroatoms. The molecular weight excluding hydrogens is 338 g/mol. The quantitative estimate of drug-likeness (QED) is 0.755. The van der Waals surface area contributed by atoms with Gasteiger partial charge in [0.1, 0.15) is 0 Å². The zero-order valence-electron chi connectivity index (χ0n) is 15.1. The predicted molar refractivity (Wildman–Crippen MR) is 99.6 cm³/mol. The molecule has 1 fully saturated rings. The fraction of sp³-hybridized carbons (Fsp3) is 0.611. The first-order valence-corrected chi connectivity index (χ1v) is 10.5. The molecule has 0 unspecified atom stereocenters. The van der Waals surface area contributed by atoms with Gasteiger partial charge in [0.25, 0.3) is 0 Å². The third-order valence-electron chi connectivity index (χ3n) is 4.41. The van der Waals surface area contributed by atoms with Crippen molar-refractivity contribution < 1.29 is 13.2 Å². The van der Waals surface area contributed by atoms with E-state index in [1.54, 1.807) is 0 Å². The molecule has 0 aliphatic carbocycles. The van der Waals surface area contributed by atoms with Crippen molar-refractivity contribution in [3.05, 3.63) is 35.9 Å². The van der Waals surface area contributed by atoms with Crippen molar-refractivity contribution in [2.24, 2.45) is 0 Å².